The summed E-state index contributed by atoms with van der Waals surface area (Å²) < 4.78 is 9.56. The Labute approximate surface area is 153 Å². The summed E-state index contributed by atoms with van der Waals surface area (Å²) in [5, 5.41) is 5.73. The smallest absolute Gasteiger partial charge is 0.337 e. The van der Waals surface area contributed by atoms with E-state index in [4.69, 9.17) is 4.74 Å². The molecule has 0 bridgehead atoms. The Morgan fingerprint density at radius 2 is 1.54 bits per heavy atom. The third-order valence-corrected chi connectivity index (χ3v) is 4.65. The van der Waals surface area contributed by atoms with Crippen molar-refractivity contribution in [2.75, 3.05) is 32.7 Å². The minimum atomic E-state index is -0.412. The van der Waals surface area contributed by atoms with E-state index in [1.807, 2.05) is 0 Å². The van der Waals surface area contributed by atoms with Gasteiger partial charge in [-0.1, -0.05) is 0 Å². The number of anilines is 1. The molecular weight excluding hydrogens is 336 g/mol. The molecule has 0 spiro atoms. The number of rotatable bonds is 7. The Hall–Kier alpha value is -2.41. The van der Waals surface area contributed by atoms with Gasteiger partial charge in [-0.05, 0) is 49.9 Å². The van der Waals surface area contributed by atoms with Gasteiger partial charge in [0.15, 0.2) is 0 Å². The molecule has 0 heterocycles. The summed E-state index contributed by atoms with van der Waals surface area (Å²) in [6, 6.07) is 6.59. The molecule has 1 aliphatic rings. The number of hydrogen-bond donors (Lipinski definition) is 2. The van der Waals surface area contributed by atoms with Gasteiger partial charge in [0.2, 0.25) is 11.8 Å². The quantitative estimate of drug-likeness (QED) is 0.571. The Kier molecular flexibility index (Phi) is 7.59. The minimum Gasteiger partial charge on any atom is -0.465 e. The highest BCUT2D eigenvalue weighted by Gasteiger charge is 2.29. The Morgan fingerprint density at radius 3 is 2.08 bits per heavy atom. The SMILES string of the molecule is COCCNC(=O)C1CCC(C(=O)Nc2ccc(C(=O)OC)cc2)CC1. The van der Waals surface area contributed by atoms with E-state index in [1.165, 1.54) is 7.11 Å². The number of hydrogen-bond acceptors (Lipinski definition) is 5. The van der Waals surface area contributed by atoms with Crippen LogP contribution in [-0.2, 0) is 19.1 Å². The van der Waals surface area contributed by atoms with E-state index in [2.05, 4.69) is 15.4 Å². The molecule has 2 rings (SSSR count). The van der Waals surface area contributed by atoms with Crippen molar-refractivity contribution in [1.29, 1.82) is 0 Å². The number of amides is 2. The second-order valence-electron chi connectivity index (χ2n) is 6.39. The number of carbonyl (C=O) groups is 3. The molecule has 0 aromatic heterocycles. The summed E-state index contributed by atoms with van der Waals surface area (Å²) in [7, 11) is 2.92. The third-order valence-electron chi connectivity index (χ3n) is 4.65. The second kappa shape index (κ2) is 9.91. The molecule has 1 aliphatic carbocycles. The highest BCUT2D eigenvalue weighted by Crippen LogP contribution is 2.30. The van der Waals surface area contributed by atoms with Crippen LogP contribution in [0.1, 0.15) is 36.0 Å². The fraction of sp³-hybridized carbons (Fsp3) is 0.526. The molecule has 142 valence electrons. The average Bonchev–Trinajstić information content (AvgIpc) is 2.68. The van der Waals surface area contributed by atoms with Gasteiger partial charge in [-0.25, -0.2) is 4.79 Å². The van der Waals surface area contributed by atoms with Gasteiger partial charge in [-0.3, -0.25) is 9.59 Å². The summed E-state index contributed by atoms with van der Waals surface area (Å²) in [6.07, 6.45) is 2.79. The van der Waals surface area contributed by atoms with Crippen molar-refractivity contribution in [3.8, 4) is 0 Å². The maximum absolute atomic E-state index is 12.4. The van der Waals surface area contributed by atoms with Crippen LogP contribution < -0.4 is 10.6 Å². The van der Waals surface area contributed by atoms with E-state index >= 15 is 0 Å². The van der Waals surface area contributed by atoms with Crippen molar-refractivity contribution in [3.63, 3.8) is 0 Å². The number of ether oxygens (including phenoxy) is 2. The molecule has 26 heavy (non-hydrogen) atoms. The van der Waals surface area contributed by atoms with Gasteiger partial charge in [0.1, 0.15) is 0 Å². The second-order valence-corrected chi connectivity index (χ2v) is 6.39. The standard InChI is InChI=1S/C19H26N2O5/c1-25-12-11-20-17(22)13-3-5-14(6-4-13)18(23)21-16-9-7-15(8-10-16)19(24)26-2/h7-10,13-14H,3-6,11-12H2,1-2H3,(H,20,22)(H,21,23). The molecule has 7 nitrogen and oxygen atoms in total. The molecule has 2 N–H and O–H groups in total. The van der Waals surface area contributed by atoms with E-state index in [1.54, 1.807) is 31.4 Å². The molecule has 0 saturated heterocycles. The van der Waals surface area contributed by atoms with Crippen molar-refractivity contribution < 1.29 is 23.9 Å². The zero-order valence-electron chi connectivity index (χ0n) is 15.2. The van der Waals surface area contributed by atoms with Gasteiger partial charge in [0.25, 0.3) is 0 Å². The minimum absolute atomic E-state index is 0.0322. The normalized spacial score (nSPS) is 19.5. The van der Waals surface area contributed by atoms with Gasteiger partial charge < -0.3 is 20.1 Å². The summed E-state index contributed by atoms with van der Waals surface area (Å²) in [5.41, 5.74) is 1.08. The molecule has 7 heteroatoms. The van der Waals surface area contributed by atoms with Gasteiger partial charge in [0.05, 0.1) is 19.3 Å². The lowest BCUT2D eigenvalue weighted by Gasteiger charge is -2.27. The van der Waals surface area contributed by atoms with Crippen LogP contribution in [0.2, 0.25) is 0 Å². The molecule has 1 aromatic rings. The van der Waals surface area contributed by atoms with E-state index in [0.717, 1.165) is 0 Å². The van der Waals surface area contributed by atoms with Crippen molar-refractivity contribution in [3.05, 3.63) is 29.8 Å². The fourth-order valence-corrected chi connectivity index (χ4v) is 3.09. The lowest BCUT2D eigenvalue weighted by molar-refractivity contribution is -0.128. The summed E-state index contributed by atoms with van der Waals surface area (Å²) in [4.78, 5) is 35.9. The van der Waals surface area contributed by atoms with E-state index in [-0.39, 0.29) is 23.7 Å². The Morgan fingerprint density at radius 1 is 0.962 bits per heavy atom. The topological polar surface area (TPSA) is 93.7 Å². The van der Waals surface area contributed by atoms with Gasteiger partial charge in [-0.2, -0.15) is 0 Å². The van der Waals surface area contributed by atoms with Gasteiger partial charge >= 0.3 is 5.97 Å². The summed E-state index contributed by atoms with van der Waals surface area (Å²) in [5.74, 6) is -0.549. The predicted octanol–water partition coefficient (Wildman–Crippen LogP) is 1.98. The third kappa shape index (κ3) is 5.56. The van der Waals surface area contributed by atoms with Crippen LogP contribution in [0.3, 0.4) is 0 Å². The first kappa shape index (κ1) is 19.9. The fourth-order valence-electron chi connectivity index (χ4n) is 3.09. The molecule has 1 saturated carbocycles. The Balaban J connectivity index is 1.79. The summed E-state index contributed by atoms with van der Waals surface area (Å²) in [6.45, 7) is 1.01. The maximum Gasteiger partial charge on any atom is 0.337 e. The van der Waals surface area contributed by atoms with E-state index in [9.17, 15) is 14.4 Å². The van der Waals surface area contributed by atoms with Crippen LogP contribution in [0.5, 0.6) is 0 Å². The van der Waals surface area contributed by atoms with E-state index in [0.29, 0.717) is 50.1 Å². The molecule has 0 atom stereocenters. The van der Waals surface area contributed by atoms with Gasteiger partial charge in [0, 0.05) is 31.2 Å². The number of methoxy groups -OCH3 is 2. The summed E-state index contributed by atoms with van der Waals surface area (Å²) >= 11 is 0. The highest BCUT2D eigenvalue weighted by molar-refractivity contribution is 5.94. The predicted molar refractivity (Wildman–Crippen MR) is 96.7 cm³/mol. The van der Waals surface area contributed by atoms with Gasteiger partial charge in [-0.15, -0.1) is 0 Å². The Bertz CT molecular complexity index is 621. The van der Waals surface area contributed by atoms with Crippen molar-refractivity contribution in [2.45, 2.75) is 25.7 Å². The molecular formula is C19H26N2O5. The lowest BCUT2D eigenvalue weighted by Crippen LogP contribution is -2.36. The van der Waals surface area contributed by atoms with Crippen LogP contribution in [0, 0.1) is 11.8 Å². The van der Waals surface area contributed by atoms with Crippen LogP contribution in [-0.4, -0.2) is 45.2 Å². The molecule has 1 fully saturated rings. The van der Waals surface area contributed by atoms with Crippen molar-refractivity contribution in [1.82, 2.24) is 5.32 Å². The average molecular weight is 362 g/mol. The molecule has 0 aliphatic heterocycles. The molecule has 0 radical (unpaired) electrons. The number of benzene rings is 1. The van der Waals surface area contributed by atoms with E-state index < -0.39 is 5.97 Å². The number of nitrogens with one attached hydrogen (secondary N) is 2. The van der Waals surface area contributed by atoms with Crippen LogP contribution in [0.15, 0.2) is 24.3 Å². The first-order chi connectivity index (χ1) is 12.5. The van der Waals surface area contributed by atoms with Crippen LogP contribution in [0.4, 0.5) is 5.69 Å². The largest absolute Gasteiger partial charge is 0.465 e. The number of carbonyl (C=O) groups excluding carboxylic acids is 3. The lowest BCUT2D eigenvalue weighted by atomic mass is 9.81. The monoisotopic (exact) mass is 362 g/mol. The maximum atomic E-state index is 12.4. The number of esters is 1. The zero-order chi connectivity index (χ0) is 18.9. The first-order valence-corrected chi connectivity index (χ1v) is 8.81. The highest BCUT2D eigenvalue weighted by atomic mass is 16.5. The molecule has 0 unspecified atom stereocenters. The van der Waals surface area contributed by atoms with Crippen LogP contribution >= 0.6 is 0 Å². The molecule has 1 aromatic carbocycles. The van der Waals surface area contributed by atoms with Crippen LogP contribution in [0.25, 0.3) is 0 Å². The zero-order valence-corrected chi connectivity index (χ0v) is 15.2. The van der Waals surface area contributed by atoms with Crippen molar-refractivity contribution >= 4 is 23.5 Å². The first-order valence-electron chi connectivity index (χ1n) is 8.81. The van der Waals surface area contributed by atoms with Crippen molar-refractivity contribution in [2.24, 2.45) is 11.8 Å². The molecule has 2 amide bonds.